The number of fused-ring (bicyclic) bond motifs is 7. The van der Waals surface area contributed by atoms with E-state index in [1.807, 2.05) is 18.2 Å². The largest absolute Gasteiger partial charge is 0.311 e. The van der Waals surface area contributed by atoms with Crippen molar-refractivity contribution in [1.29, 1.82) is 0 Å². The first kappa shape index (κ1) is 47.5. The predicted octanol–water partition coefficient (Wildman–Crippen LogP) is 20.2. The second-order valence-electron chi connectivity index (χ2n) is 24.7. The van der Waals surface area contributed by atoms with Crippen LogP contribution in [0.4, 0.5) is 34.1 Å². The molecule has 0 N–H and O–H groups in total. The Balaban J connectivity index is 1.20. The highest BCUT2D eigenvalue weighted by Gasteiger charge is 2.46. The molecule has 83 heavy (non-hydrogen) atoms. The average Bonchev–Trinajstić information content (AvgIpc) is 1.43. The second-order valence-corrected chi connectivity index (χ2v) is 24.7. The van der Waals surface area contributed by atoms with Gasteiger partial charge in [0, 0.05) is 50.2 Å². The summed E-state index contributed by atoms with van der Waals surface area (Å²) in [6.45, 7) is 20.6. The number of hydrogen-bond donors (Lipinski definition) is 0. The minimum Gasteiger partial charge on any atom is -0.311 e. The third-order valence-electron chi connectivity index (χ3n) is 17.6. The van der Waals surface area contributed by atoms with Gasteiger partial charge >= 0.3 is 0 Å². The molecule has 14 rings (SSSR count). The van der Waals surface area contributed by atoms with Crippen LogP contribution in [0.3, 0.4) is 0 Å². The standard InChI is InChI=1S/C79H70BN3/c1-50(2)57-44-65(51(3)4)76(66(45-57)52(5)6)56-40-42-72-67(46-56)80-68-47-58(79(7,8)9)41-43-73(68)83(78-61(54-28-15-11-16-29-54)35-25-36-62(78)55-30-17-12-18-31-55)75-49-59(81-70-38-23-20-33-63(70)64-34-21-24-39-71(64)81)48-74(77(75)80)82(72)69-37-22-19-32-60(69)53-26-13-10-14-27-53/h10-52H,1-9H3/i20D,23D,33D,38D. The molecule has 3 nitrogen and oxygen atoms in total. The first-order valence-electron chi connectivity index (χ1n) is 31.6. The van der Waals surface area contributed by atoms with Gasteiger partial charge in [-0.15, -0.1) is 0 Å². The molecule has 2 aliphatic rings. The molecule has 0 fully saturated rings. The lowest BCUT2D eigenvalue weighted by molar-refractivity contribution is 0.591. The van der Waals surface area contributed by atoms with Crippen LogP contribution in [0.15, 0.2) is 243 Å². The number of aromatic nitrogens is 1. The molecule has 0 aliphatic carbocycles. The molecule has 1 aromatic heterocycles. The Morgan fingerprint density at radius 2 is 0.940 bits per heavy atom. The summed E-state index contributed by atoms with van der Waals surface area (Å²) in [5.41, 5.74) is 25.8. The van der Waals surface area contributed by atoms with Crippen molar-refractivity contribution in [2.24, 2.45) is 0 Å². The minimum atomic E-state index is -0.285. The Hall–Kier alpha value is -9.12. The summed E-state index contributed by atoms with van der Waals surface area (Å²) in [6, 6.07) is 79.2. The van der Waals surface area contributed by atoms with Crippen molar-refractivity contribution < 1.29 is 5.48 Å². The van der Waals surface area contributed by atoms with Crippen LogP contribution in [0.25, 0.3) is 72.0 Å². The topological polar surface area (TPSA) is 11.4 Å². The highest BCUT2D eigenvalue weighted by Crippen LogP contribution is 2.53. The molecule has 0 spiro atoms. The number of para-hydroxylation sites is 4. The number of nitrogens with zero attached hydrogens (tertiary/aromatic N) is 3. The fourth-order valence-electron chi connectivity index (χ4n) is 13.5. The molecule has 0 atom stereocenters. The van der Waals surface area contributed by atoms with E-state index in [9.17, 15) is 4.11 Å². The van der Waals surface area contributed by atoms with Crippen LogP contribution in [-0.2, 0) is 5.41 Å². The molecular formula is C79H70BN3. The zero-order valence-electron chi connectivity index (χ0n) is 52.9. The van der Waals surface area contributed by atoms with Crippen molar-refractivity contribution in [3.63, 3.8) is 0 Å². The van der Waals surface area contributed by atoms with E-state index in [1.54, 1.807) is 0 Å². The molecular weight excluding hydrogens is 1000 g/mol. The average molecular weight is 1080 g/mol. The van der Waals surface area contributed by atoms with Gasteiger partial charge in [0.2, 0.25) is 0 Å². The van der Waals surface area contributed by atoms with Crippen LogP contribution < -0.4 is 26.2 Å². The van der Waals surface area contributed by atoms with E-state index in [1.165, 1.54) is 44.3 Å². The third kappa shape index (κ3) is 8.64. The van der Waals surface area contributed by atoms with E-state index < -0.39 is 0 Å². The molecule has 0 saturated heterocycles. The Labute approximate surface area is 496 Å². The molecule has 2 aliphatic heterocycles. The summed E-state index contributed by atoms with van der Waals surface area (Å²) in [7, 11) is 0. The molecule has 404 valence electrons. The van der Waals surface area contributed by atoms with Gasteiger partial charge in [-0.1, -0.05) is 262 Å². The number of hydrogen-bond acceptors (Lipinski definition) is 2. The van der Waals surface area contributed by atoms with E-state index in [0.29, 0.717) is 16.8 Å². The first-order valence-corrected chi connectivity index (χ1v) is 29.6. The summed E-state index contributed by atoms with van der Waals surface area (Å²) in [5, 5.41) is 1.25. The van der Waals surface area contributed by atoms with Gasteiger partial charge in [0.1, 0.15) is 0 Å². The van der Waals surface area contributed by atoms with E-state index in [4.69, 9.17) is 1.37 Å². The van der Waals surface area contributed by atoms with Crippen LogP contribution in [0.5, 0.6) is 0 Å². The van der Waals surface area contributed by atoms with E-state index >= 15 is 0 Å². The molecule has 0 radical (unpaired) electrons. The molecule has 11 aromatic carbocycles. The normalized spacial score (nSPS) is 13.6. The van der Waals surface area contributed by atoms with Crippen LogP contribution >= 0.6 is 0 Å². The second kappa shape index (κ2) is 20.4. The minimum absolute atomic E-state index is 0.0574. The first-order chi connectivity index (χ1) is 42.0. The van der Waals surface area contributed by atoms with Crippen molar-refractivity contribution >= 4 is 79.0 Å². The summed E-state index contributed by atoms with van der Waals surface area (Å²) < 4.78 is 39.8. The van der Waals surface area contributed by atoms with Crippen molar-refractivity contribution in [1.82, 2.24) is 4.57 Å². The van der Waals surface area contributed by atoms with Crippen LogP contribution in [-0.4, -0.2) is 11.3 Å². The van der Waals surface area contributed by atoms with Gasteiger partial charge < -0.3 is 14.4 Å². The van der Waals surface area contributed by atoms with Crippen LogP contribution in [0.1, 0.15) is 108 Å². The summed E-state index contributed by atoms with van der Waals surface area (Å²) in [6.07, 6.45) is 0. The molecule has 0 amide bonds. The summed E-state index contributed by atoms with van der Waals surface area (Å²) in [5.74, 6) is 0.908. The van der Waals surface area contributed by atoms with Gasteiger partial charge in [-0.2, -0.15) is 0 Å². The van der Waals surface area contributed by atoms with Gasteiger partial charge in [-0.3, -0.25) is 0 Å². The van der Waals surface area contributed by atoms with Gasteiger partial charge in [-0.05, 0) is 132 Å². The fourth-order valence-corrected chi connectivity index (χ4v) is 13.5. The van der Waals surface area contributed by atoms with Crippen molar-refractivity contribution in [3.8, 4) is 50.2 Å². The Kier molecular flexibility index (Phi) is 11.7. The molecule has 3 heterocycles. The Morgan fingerprint density at radius 1 is 0.410 bits per heavy atom. The number of benzene rings is 11. The monoisotopic (exact) mass is 1080 g/mol. The quantitative estimate of drug-likeness (QED) is 0.126. The zero-order chi connectivity index (χ0) is 60.3. The molecule has 0 bridgehead atoms. The van der Waals surface area contributed by atoms with E-state index in [0.717, 1.165) is 89.6 Å². The third-order valence-corrected chi connectivity index (χ3v) is 17.6. The lowest BCUT2D eigenvalue weighted by Crippen LogP contribution is -2.61. The number of rotatable bonds is 10. The zero-order valence-corrected chi connectivity index (χ0v) is 48.9. The SMILES string of the molecule is [2H]c1c([2H])c([2H])c2c(c1[2H])c1ccccc1n2-c1cc2c3c(c1)N(c1c(-c4ccccc4)cccc1-c1ccccc1)c1ccc(C(C)(C)C)cc1B3c1cc(-c3c(C(C)C)cc(C(C)C)cc3C(C)C)ccc1N2c1ccccc1-c1ccccc1. The van der Waals surface area contributed by atoms with E-state index in [-0.39, 0.29) is 48.1 Å². The van der Waals surface area contributed by atoms with Gasteiger partial charge in [0.25, 0.3) is 6.71 Å². The fraction of sp³-hybridized carbons (Fsp3) is 0.165. The Morgan fingerprint density at radius 3 is 1.57 bits per heavy atom. The highest BCUT2D eigenvalue weighted by atomic mass is 15.2. The van der Waals surface area contributed by atoms with Gasteiger partial charge in [0.05, 0.1) is 33.6 Å². The maximum atomic E-state index is 9.83. The van der Waals surface area contributed by atoms with Crippen molar-refractivity contribution in [2.45, 2.75) is 85.5 Å². The van der Waals surface area contributed by atoms with Gasteiger partial charge in [-0.25, -0.2) is 0 Å². The Bertz CT molecular complexity index is 4630. The predicted molar refractivity (Wildman–Crippen MR) is 358 cm³/mol. The van der Waals surface area contributed by atoms with Crippen LogP contribution in [0, 0.1) is 0 Å². The summed E-state index contributed by atoms with van der Waals surface area (Å²) >= 11 is 0. The van der Waals surface area contributed by atoms with Crippen molar-refractivity contribution in [2.75, 3.05) is 9.80 Å². The smallest absolute Gasteiger partial charge is 0.252 e. The number of anilines is 6. The van der Waals surface area contributed by atoms with E-state index in [2.05, 4.69) is 277 Å². The lowest BCUT2D eigenvalue weighted by Gasteiger charge is -2.46. The highest BCUT2D eigenvalue weighted by molar-refractivity contribution is 7.00. The molecule has 0 saturated carbocycles. The summed E-state index contributed by atoms with van der Waals surface area (Å²) in [4.78, 5) is 5.05. The molecule has 0 unspecified atom stereocenters. The van der Waals surface area contributed by atoms with Crippen molar-refractivity contribution in [3.05, 3.63) is 265 Å². The maximum Gasteiger partial charge on any atom is 0.252 e. The molecule has 12 aromatic rings. The van der Waals surface area contributed by atoms with Gasteiger partial charge in [0.15, 0.2) is 0 Å². The lowest BCUT2D eigenvalue weighted by atomic mass is 9.33. The van der Waals surface area contributed by atoms with Crippen LogP contribution in [0.2, 0.25) is 0 Å². The maximum absolute atomic E-state index is 9.83. The molecule has 4 heteroatoms.